The van der Waals surface area contributed by atoms with E-state index in [4.69, 9.17) is 11.6 Å². The summed E-state index contributed by atoms with van der Waals surface area (Å²) in [5.41, 5.74) is 1.05. The van der Waals surface area contributed by atoms with Crippen LogP contribution in [-0.4, -0.2) is 16.2 Å². The topological polar surface area (TPSA) is 25.8 Å². The molecule has 72 valence electrons. The Morgan fingerprint density at radius 1 is 1.46 bits per heavy atom. The molecule has 0 spiro atoms. The second-order valence-corrected chi connectivity index (χ2v) is 4.03. The Morgan fingerprint density at radius 2 is 2.23 bits per heavy atom. The summed E-state index contributed by atoms with van der Waals surface area (Å²) in [6, 6.07) is 1.84. The van der Waals surface area contributed by atoms with Crippen molar-refractivity contribution >= 4 is 23.4 Å². The first-order valence-electron chi connectivity index (χ1n) is 4.27. The van der Waals surface area contributed by atoms with Gasteiger partial charge in [-0.1, -0.05) is 24.9 Å². The van der Waals surface area contributed by atoms with Crippen molar-refractivity contribution in [2.24, 2.45) is 0 Å². The molecule has 0 amide bonds. The Hall–Kier alpha value is -0.280. The first-order chi connectivity index (χ1) is 6.26. The van der Waals surface area contributed by atoms with E-state index in [0.717, 1.165) is 30.1 Å². The van der Waals surface area contributed by atoms with Gasteiger partial charge in [0, 0.05) is 5.69 Å². The lowest BCUT2D eigenvalue weighted by Crippen LogP contribution is -1.98. The zero-order valence-electron chi connectivity index (χ0n) is 7.88. The molecular weight excluding hydrogens is 204 g/mol. The summed E-state index contributed by atoms with van der Waals surface area (Å²) < 4.78 is 0. The lowest BCUT2D eigenvalue weighted by atomic mass is 10.2. The zero-order chi connectivity index (χ0) is 9.68. The van der Waals surface area contributed by atoms with Crippen molar-refractivity contribution in [2.45, 2.75) is 25.5 Å². The second-order valence-electron chi connectivity index (χ2n) is 2.78. The highest BCUT2D eigenvalue weighted by molar-refractivity contribution is 7.97. The molecule has 0 aliphatic rings. The smallest absolute Gasteiger partial charge is 0.140 e. The van der Waals surface area contributed by atoms with Crippen LogP contribution in [0.3, 0.4) is 0 Å². The molecule has 0 unspecified atom stereocenters. The number of rotatable bonds is 4. The van der Waals surface area contributed by atoms with E-state index in [1.54, 1.807) is 11.8 Å². The average Bonchev–Trinajstić information content (AvgIpc) is 2.04. The van der Waals surface area contributed by atoms with E-state index >= 15 is 0 Å². The van der Waals surface area contributed by atoms with Crippen LogP contribution < -0.4 is 0 Å². The van der Waals surface area contributed by atoms with E-state index in [1.165, 1.54) is 0 Å². The second kappa shape index (κ2) is 5.45. The number of nitrogens with zero attached hydrogens (tertiary/aromatic N) is 2. The quantitative estimate of drug-likeness (QED) is 0.724. The predicted octanol–water partition coefficient (Wildman–Crippen LogP) is 2.95. The molecule has 2 nitrogen and oxygen atoms in total. The molecule has 0 N–H and O–H groups in total. The summed E-state index contributed by atoms with van der Waals surface area (Å²) in [5, 5.41) is 0.558. The fourth-order valence-electron chi connectivity index (χ4n) is 1.09. The Balaban J connectivity index is 2.83. The van der Waals surface area contributed by atoms with Crippen LogP contribution in [-0.2, 0) is 12.2 Å². The van der Waals surface area contributed by atoms with Crippen molar-refractivity contribution in [3.63, 3.8) is 0 Å². The SMILES string of the molecule is CCCc1cc(Cl)nc(CSC)n1. The van der Waals surface area contributed by atoms with Crippen molar-refractivity contribution in [2.75, 3.05) is 6.26 Å². The van der Waals surface area contributed by atoms with Crippen LogP contribution in [0.1, 0.15) is 24.9 Å². The molecule has 0 saturated carbocycles. The standard InChI is InChI=1S/C9H13ClN2S/c1-3-4-7-5-8(10)12-9(11-7)6-13-2/h5H,3-4,6H2,1-2H3. The van der Waals surface area contributed by atoms with Crippen molar-refractivity contribution in [3.8, 4) is 0 Å². The third kappa shape index (κ3) is 3.53. The maximum absolute atomic E-state index is 5.86. The van der Waals surface area contributed by atoms with Crippen LogP contribution in [0.25, 0.3) is 0 Å². The maximum Gasteiger partial charge on any atom is 0.140 e. The molecule has 0 aliphatic heterocycles. The Morgan fingerprint density at radius 3 is 2.85 bits per heavy atom. The zero-order valence-corrected chi connectivity index (χ0v) is 9.45. The summed E-state index contributed by atoms with van der Waals surface area (Å²) >= 11 is 7.57. The molecule has 1 rings (SSSR count). The van der Waals surface area contributed by atoms with Gasteiger partial charge < -0.3 is 0 Å². The first-order valence-corrected chi connectivity index (χ1v) is 6.04. The molecule has 1 aromatic heterocycles. The van der Waals surface area contributed by atoms with Crippen molar-refractivity contribution < 1.29 is 0 Å². The van der Waals surface area contributed by atoms with Crippen molar-refractivity contribution in [3.05, 3.63) is 22.7 Å². The number of thioether (sulfide) groups is 1. The summed E-state index contributed by atoms with van der Waals surface area (Å²) in [6.07, 6.45) is 4.10. The normalized spacial score (nSPS) is 10.4. The van der Waals surface area contributed by atoms with Gasteiger partial charge in [0.05, 0.1) is 5.75 Å². The molecule has 4 heteroatoms. The Labute approximate surface area is 88.1 Å². The van der Waals surface area contributed by atoms with Crippen LogP contribution >= 0.6 is 23.4 Å². The van der Waals surface area contributed by atoms with Gasteiger partial charge in [-0.05, 0) is 18.7 Å². The van der Waals surface area contributed by atoms with Gasteiger partial charge in [-0.3, -0.25) is 0 Å². The Bertz CT molecular complexity index is 254. The number of halogens is 1. The third-order valence-corrected chi connectivity index (χ3v) is 2.31. The lowest BCUT2D eigenvalue weighted by molar-refractivity contribution is 0.854. The summed E-state index contributed by atoms with van der Waals surface area (Å²) in [4.78, 5) is 8.54. The number of aryl methyl sites for hydroxylation is 1. The van der Waals surface area contributed by atoms with Crippen molar-refractivity contribution in [1.82, 2.24) is 9.97 Å². The predicted molar refractivity (Wildman–Crippen MR) is 58.3 cm³/mol. The molecule has 0 aliphatic carbocycles. The van der Waals surface area contributed by atoms with Crippen LogP contribution in [0.2, 0.25) is 5.15 Å². The molecular formula is C9H13ClN2S. The molecule has 13 heavy (non-hydrogen) atoms. The summed E-state index contributed by atoms with van der Waals surface area (Å²) in [5.74, 6) is 1.67. The van der Waals surface area contributed by atoms with Gasteiger partial charge in [-0.15, -0.1) is 0 Å². The minimum absolute atomic E-state index is 0.558. The molecule has 1 heterocycles. The van der Waals surface area contributed by atoms with Crippen LogP contribution in [0.4, 0.5) is 0 Å². The van der Waals surface area contributed by atoms with E-state index in [0.29, 0.717) is 5.15 Å². The van der Waals surface area contributed by atoms with Gasteiger partial charge in [0.1, 0.15) is 11.0 Å². The first kappa shape index (κ1) is 10.8. The highest BCUT2D eigenvalue weighted by atomic mass is 35.5. The van der Waals surface area contributed by atoms with E-state index in [1.807, 2.05) is 12.3 Å². The number of aromatic nitrogens is 2. The largest absolute Gasteiger partial charge is 0.237 e. The highest BCUT2D eigenvalue weighted by Crippen LogP contribution is 2.12. The third-order valence-electron chi connectivity index (χ3n) is 1.57. The van der Waals surface area contributed by atoms with E-state index in [9.17, 15) is 0 Å². The molecule has 0 bridgehead atoms. The summed E-state index contributed by atoms with van der Waals surface area (Å²) in [6.45, 7) is 2.13. The van der Waals surface area contributed by atoms with Gasteiger partial charge >= 0.3 is 0 Å². The van der Waals surface area contributed by atoms with E-state index < -0.39 is 0 Å². The van der Waals surface area contributed by atoms with E-state index in [2.05, 4.69) is 16.9 Å². The van der Waals surface area contributed by atoms with Gasteiger partial charge in [-0.25, -0.2) is 9.97 Å². The molecule has 0 fully saturated rings. The van der Waals surface area contributed by atoms with E-state index in [-0.39, 0.29) is 0 Å². The number of hydrogen-bond donors (Lipinski definition) is 0. The fraction of sp³-hybridized carbons (Fsp3) is 0.556. The van der Waals surface area contributed by atoms with Crippen LogP contribution in [0.15, 0.2) is 6.07 Å². The van der Waals surface area contributed by atoms with Gasteiger partial charge in [0.15, 0.2) is 0 Å². The number of hydrogen-bond acceptors (Lipinski definition) is 3. The van der Waals surface area contributed by atoms with Crippen LogP contribution in [0, 0.1) is 0 Å². The minimum Gasteiger partial charge on any atom is -0.237 e. The molecule has 0 radical (unpaired) electrons. The van der Waals surface area contributed by atoms with Gasteiger partial charge in [0.25, 0.3) is 0 Å². The molecule has 1 aromatic rings. The van der Waals surface area contributed by atoms with Crippen molar-refractivity contribution in [1.29, 1.82) is 0 Å². The minimum atomic E-state index is 0.558. The molecule has 0 aromatic carbocycles. The van der Waals surface area contributed by atoms with Gasteiger partial charge in [0.2, 0.25) is 0 Å². The van der Waals surface area contributed by atoms with Crippen LogP contribution in [0.5, 0.6) is 0 Å². The summed E-state index contributed by atoms with van der Waals surface area (Å²) in [7, 11) is 0. The maximum atomic E-state index is 5.86. The molecule has 0 saturated heterocycles. The highest BCUT2D eigenvalue weighted by Gasteiger charge is 2.01. The van der Waals surface area contributed by atoms with Gasteiger partial charge in [-0.2, -0.15) is 11.8 Å². The average molecular weight is 217 g/mol. The fourth-order valence-corrected chi connectivity index (χ4v) is 1.70. The lowest BCUT2D eigenvalue weighted by Gasteiger charge is -2.02. The molecule has 0 atom stereocenters. The monoisotopic (exact) mass is 216 g/mol. The Kier molecular flexibility index (Phi) is 4.53.